The number of hydrogen-bond acceptors (Lipinski definition) is 5. The molecule has 4 aromatic rings. The number of benzene rings is 2. The lowest BCUT2D eigenvalue weighted by molar-refractivity contribution is -0.141. The second kappa shape index (κ2) is 9.38. The first-order valence-corrected chi connectivity index (χ1v) is 11.2. The number of amides is 2. The van der Waals surface area contributed by atoms with Crippen molar-refractivity contribution in [1.29, 1.82) is 0 Å². The van der Waals surface area contributed by atoms with Crippen molar-refractivity contribution in [2.45, 2.75) is 13.1 Å². The molecule has 2 amide bonds. The Kier molecular flexibility index (Phi) is 6.08. The van der Waals surface area contributed by atoms with Gasteiger partial charge in [0.15, 0.2) is 6.61 Å². The van der Waals surface area contributed by atoms with Crippen molar-refractivity contribution in [3.8, 4) is 28.3 Å². The Bertz CT molecular complexity index is 1540. The summed E-state index contributed by atoms with van der Waals surface area (Å²) in [7, 11) is 0. The van der Waals surface area contributed by atoms with Gasteiger partial charge in [0.2, 0.25) is 0 Å². The third-order valence-electron chi connectivity index (χ3n) is 5.69. The third kappa shape index (κ3) is 5.13. The Hall–Kier alpha value is -4.73. The van der Waals surface area contributed by atoms with E-state index >= 15 is 0 Å². The molecule has 7 nitrogen and oxygen atoms in total. The maximum absolute atomic E-state index is 12.9. The Labute approximate surface area is 209 Å². The van der Waals surface area contributed by atoms with E-state index in [9.17, 15) is 22.8 Å². The largest absolute Gasteiger partial charge is 0.482 e. The molecule has 186 valence electrons. The molecule has 0 saturated heterocycles. The van der Waals surface area contributed by atoms with Gasteiger partial charge in [0, 0.05) is 16.8 Å². The van der Waals surface area contributed by atoms with Crippen LogP contribution in [0.5, 0.6) is 5.75 Å². The molecule has 37 heavy (non-hydrogen) atoms. The highest BCUT2D eigenvalue weighted by Gasteiger charge is 2.33. The van der Waals surface area contributed by atoms with E-state index in [0.717, 1.165) is 23.3 Å². The molecule has 0 bridgehead atoms. The van der Waals surface area contributed by atoms with Gasteiger partial charge >= 0.3 is 6.18 Å². The Morgan fingerprint density at radius 3 is 2.41 bits per heavy atom. The molecule has 0 radical (unpaired) electrons. The predicted molar refractivity (Wildman–Crippen MR) is 131 cm³/mol. The van der Waals surface area contributed by atoms with Gasteiger partial charge in [0.1, 0.15) is 11.4 Å². The maximum Gasteiger partial charge on any atom is 0.433 e. The summed E-state index contributed by atoms with van der Waals surface area (Å²) < 4.78 is 44.1. The number of carbonyl (C=O) groups excluding carboxylic acids is 2. The number of pyridine rings is 2. The van der Waals surface area contributed by atoms with Crippen LogP contribution in [0, 0.1) is 6.92 Å². The summed E-state index contributed by atoms with van der Waals surface area (Å²) in [6, 6.07) is 19.8. The zero-order valence-corrected chi connectivity index (χ0v) is 19.4. The van der Waals surface area contributed by atoms with Crippen molar-refractivity contribution in [3.63, 3.8) is 0 Å². The molecule has 0 atom stereocenters. The van der Waals surface area contributed by atoms with Crippen LogP contribution < -0.4 is 15.4 Å². The standard InChI is InChI=1S/C27H19F3N4O3/c1-15-19(9-11-24(31-15)27(28,29)30)26(36)32-18-5-2-4-16(12-18)20-6-3-7-21(33-20)17-8-10-23-22(13-17)34-25(35)14-37-23/h2-13H,14H2,1H3,(H,32,36)(H,34,35). The lowest BCUT2D eigenvalue weighted by atomic mass is 10.1. The van der Waals surface area contributed by atoms with Crippen molar-refractivity contribution >= 4 is 23.2 Å². The number of ether oxygens (including phenoxy) is 1. The van der Waals surface area contributed by atoms with Gasteiger partial charge in [-0.3, -0.25) is 9.59 Å². The number of hydrogen-bond donors (Lipinski definition) is 2. The normalized spacial score (nSPS) is 12.8. The first-order valence-electron chi connectivity index (χ1n) is 11.2. The van der Waals surface area contributed by atoms with E-state index in [1.807, 2.05) is 30.3 Å². The van der Waals surface area contributed by atoms with Gasteiger partial charge in [-0.25, -0.2) is 9.97 Å². The molecule has 0 spiro atoms. The summed E-state index contributed by atoms with van der Waals surface area (Å²) in [6.45, 7) is 1.33. The average molecular weight is 504 g/mol. The van der Waals surface area contributed by atoms with Crippen molar-refractivity contribution in [3.05, 3.63) is 89.7 Å². The highest BCUT2D eigenvalue weighted by molar-refractivity contribution is 6.05. The van der Waals surface area contributed by atoms with Gasteiger partial charge in [-0.1, -0.05) is 18.2 Å². The molecule has 2 N–H and O–H groups in total. The fraction of sp³-hybridized carbons (Fsp3) is 0.111. The number of alkyl halides is 3. The highest BCUT2D eigenvalue weighted by Crippen LogP contribution is 2.33. The van der Waals surface area contributed by atoms with Crippen molar-refractivity contribution in [1.82, 2.24) is 9.97 Å². The number of halogens is 3. The van der Waals surface area contributed by atoms with E-state index in [2.05, 4.69) is 15.6 Å². The molecule has 1 aliphatic rings. The van der Waals surface area contributed by atoms with E-state index in [0.29, 0.717) is 28.5 Å². The number of aromatic nitrogens is 2. The lowest BCUT2D eigenvalue weighted by Crippen LogP contribution is -2.25. The number of nitrogens with zero attached hydrogens (tertiary/aromatic N) is 2. The van der Waals surface area contributed by atoms with Crippen LogP contribution in [0.3, 0.4) is 0 Å². The molecule has 10 heteroatoms. The van der Waals surface area contributed by atoms with E-state index in [1.165, 1.54) is 6.92 Å². The van der Waals surface area contributed by atoms with Crippen LogP contribution >= 0.6 is 0 Å². The number of rotatable bonds is 4. The molecule has 0 aliphatic carbocycles. The zero-order chi connectivity index (χ0) is 26.2. The minimum Gasteiger partial charge on any atom is -0.482 e. The molecular formula is C27H19F3N4O3. The van der Waals surface area contributed by atoms with E-state index in [-0.39, 0.29) is 23.8 Å². The summed E-state index contributed by atoms with van der Waals surface area (Å²) in [4.78, 5) is 32.6. The van der Waals surface area contributed by atoms with Crippen LogP contribution in [0.4, 0.5) is 24.5 Å². The zero-order valence-electron chi connectivity index (χ0n) is 19.4. The molecule has 5 rings (SSSR count). The van der Waals surface area contributed by atoms with Gasteiger partial charge in [-0.2, -0.15) is 13.2 Å². The van der Waals surface area contributed by atoms with Crippen LogP contribution in [-0.4, -0.2) is 28.4 Å². The monoisotopic (exact) mass is 504 g/mol. The molecular weight excluding hydrogens is 485 g/mol. The highest BCUT2D eigenvalue weighted by atomic mass is 19.4. The summed E-state index contributed by atoms with van der Waals surface area (Å²) in [6.07, 6.45) is -4.59. The number of fused-ring (bicyclic) bond motifs is 1. The SMILES string of the molecule is Cc1nc(C(F)(F)F)ccc1C(=O)Nc1cccc(-c2cccc(-c3ccc4c(c3)NC(=O)CO4)n2)c1. The maximum atomic E-state index is 12.9. The first kappa shape index (κ1) is 24.0. The van der Waals surface area contributed by atoms with E-state index in [1.54, 1.807) is 30.3 Å². The minimum absolute atomic E-state index is 0.0236. The minimum atomic E-state index is -4.59. The predicted octanol–water partition coefficient (Wildman–Crippen LogP) is 5.72. The molecule has 1 aliphatic heterocycles. The van der Waals surface area contributed by atoms with Crippen molar-refractivity contribution in [2.75, 3.05) is 17.2 Å². The van der Waals surface area contributed by atoms with Crippen molar-refractivity contribution in [2.24, 2.45) is 0 Å². The Balaban J connectivity index is 1.38. The van der Waals surface area contributed by atoms with E-state index < -0.39 is 17.8 Å². The summed E-state index contributed by atoms with van der Waals surface area (Å²) in [5.41, 5.74) is 2.79. The lowest BCUT2D eigenvalue weighted by Gasteiger charge is -2.18. The molecule has 3 heterocycles. The van der Waals surface area contributed by atoms with Gasteiger partial charge < -0.3 is 15.4 Å². The molecule has 2 aromatic carbocycles. The van der Waals surface area contributed by atoms with E-state index in [4.69, 9.17) is 9.72 Å². The third-order valence-corrected chi connectivity index (χ3v) is 5.69. The number of aryl methyl sites for hydroxylation is 1. The number of carbonyl (C=O) groups is 2. The number of anilines is 2. The van der Waals surface area contributed by atoms with Gasteiger partial charge in [0.25, 0.3) is 11.8 Å². The van der Waals surface area contributed by atoms with Crippen LogP contribution in [0.2, 0.25) is 0 Å². The first-order chi connectivity index (χ1) is 17.7. The molecule has 2 aromatic heterocycles. The Morgan fingerprint density at radius 2 is 1.68 bits per heavy atom. The fourth-order valence-electron chi connectivity index (χ4n) is 3.91. The topological polar surface area (TPSA) is 93.2 Å². The quantitative estimate of drug-likeness (QED) is 0.371. The van der Waals surface area contributed by atoms with Crippen LogP contribution in [-0.2, 0) is 11.0 Å². The summed E-state index contributed by atoms with van der Waals surface area (Å²) in [5, 5.41) is 5.49. The smallest absolute Gasteiger partial charge is 0.433 e. The average Bonchev–Trinajstić information content (AvgIpc) is 2.88. The second-order valence-electron chi connectivity index (χ2n) is 8.32. The van der Waals surface area contributed by atoms with Crippen LogP contribution in [0.1, 0.15) is 21.7 Å². The van der Waals surface area contributed by atoms with Gasteiger partial charge in [-0.15, -0.1) is 0 Å². The molecule has 0 saturated carbocycles. The fourth-order valence-corrected chi connectivity index (χ4v) is 3.91. The summed E-state index contributed by atoms with van der Waals surface area (Å²) in [5.74, 6) is -0.218. The molecule has 0 fully saturated rings. The van der Waals surface area contributed by atoms with Gasteiger partial charge in [-0.05, 0) is 61.5 Å². The van der Waals surface area contributed by atoms with Crippen LogP contribution in [0.25, 0.3) is 22.5 Å². The second-order valence-corrected chi connectivity index (χ2v) is 8.32. The number of nitrogens with one attached hydrogen (secondary N) is 2. The summed E-state index contributed by atoms with van der Waals surface area (Å²) >= 11 is 0. The van der Waals surface area contributed by atoms with Crippen LogP contribution in [0.15, 0.2) is 72.8 Å². The van der Waals surface area contributed by atoms with Crippen molar-refractivity contribution < 1.29 is 27.5 Å². The molecule has 0 unspecified atom stereocenters. The van der Waals surface area contributed by atoms with Gasteiger partial charge in [0.05, 0.1) is 28.3 Å². The Morgan fingerprint density at radius 1 is 0.946 bits per heavy atom.